The molecular formula is C26H23Cl2NO3. The Morgan fingerprint density at radius 2 is 1.72 bits per heavy atom. The van der Waals surface area contributed by atoms with Crippen molar-refractivity contribution in [1.29, 1.82) is 0 Å². The monoisotopic (exact) mass is 467 g/mol. The van der Waals surface area contributed by atoms with Gasteiger partial charge in [-0.2, -0.15) is 0 Å². The Hall–Kier alpha value is -2.82. The van der Waals surface area contributed by atoms with Crippen LogP contribution in [0.3, 0.4) is 0 Å². The maximum Gasteiger partial charge on any atom is 0.334 e. The molecule has 2 heterocycles. The molecule has 4 rings (SSSR count). The summed E-state index contributed by atoms with van der Waals surface area (Å²) in [6, 6.07) is 18.9. The lowest BCUT2D eigenvalue weighted by atomic mass is 9.79. The fraction of sp³-hybridized carbons (Fsp3) is 0.231. The molecule has 32 heavy (non-hydrogen) atoms. The lowest BCUT2D eigenvalue weighted by Gasteiger charge is -2.25. The zero-order valence-electron chi connectivity index (χ0n) is 18.0. The van der Waals surface area contributed by atoms with Gasteiger partial charge < -0.3 is 9.47 Å². The summed E-state index contributed by atoms with van der Waals surface area (Å²) >= 11 is 12.4. The van der Waals surface area contributed by atoms with Gasteiger partial charge in [-0.1, -0.05) is 79.5 Å². The zero-order valence-corrected chi connectivity index (χ0v) is 19.5. The minimum atomic E-state index is -0.591. The number of esters is 1. The Morgan fingerprint density at radius 1 is 1.03 bits per heavy atom. The fourth-order valence-electron chi connectivity index (χ4n) is 4.18. The zero-order chi connectivity index (χ0) is 22.8. The van der Waals surface area contributed by atoms with Crippen LogP contribution in [0, 0.1) is 5.92 Å². The lowest BCUT2D eigenvalue weighted by molar-refractivity contribution is -0.136. The number of ether oxygens (including phenoxy) is 2. The number of benzene rings is 2. The number of halogens is 2. The molecule has 0 radical (unpaired) electrons. The van der Waals surface area contributed by atoms with Crippen molar-refractivity contribution in [2.45, 2.75) is 25.9 Å². The van der Waals surface area contributed by atoms with Crippen LogP contribution in [0.25, 0.3) is 5.57 Å². The summed E-state index contributed by atoms with van der Waals surface area (Å²) < 4.78 is 11.9. The van der Waals surface area contributed by atoms with E-state index in [2.05, 4.69) is 18.8 Å². The predicted molar refractivity (Wildman–Crippen MR) is 127 cm³/mol. The molecule has 4 nitrogen and oxygen atoms in total. The summed E-state index contributed by atoms with van der Waals surface area (Å²) in [4.78, 5) is 17.9. The second-order valence-corrected chi connectivity index (χ2v) is 8.87. The van der Waals surface area contributed by atoms with Crippen molar-refractivity contribution < 1.29 is 14.3 Å². The first-order valence-electron chi connectivity index (χ1n) is 10.4. The van der Waals surface area contributed by atoms with Crippen molar-refractivity contribution in [3.63, 3.8) is 0 Å². The molecule has 0 bridgehead atoms. The Morgan fingerprint density at radius 3 is 2.34 bits per heavy atom. The Labute approximate surface area is 197 Å². The smallest absolute Gasteiger partial charge is 0.334 e. The molecule has 0 aliphatic carbocycles. The molecule has 6 heteroatoms. The highest BCUT2D eigenvalue weighted by Crippen LogP contribution is 2.49. The van der Waals surface area contributed by atoms with E-state index in [-0.39, 0.29) is 11.8 Å². The summed E-state index contributed by atoms with van der Waals surface area (Å²) in [6.45, 7) is 4.11. The van der Waals surface area contributed by atoms with Crippen LogP contribution in [-0.4, -0.2) is 18.1 Å². The minimum absolute atomic E-state index is 0.0443. The molecule has 0 saturated heterocycles. The molecule has 0 spiro atoms. The molecule has 1 aliphatic heterocycles. The molecule has 0 fully saturated rings. The van der Waals surface area contributed by atoms with Gasteiger partial charge in [-0.15, -0.1) is 0 Å². The van der Waals surface area contributed by atoms with Gasteiger partial charge >= 0.3 is 5.97 Å². The van der Waals surface area contributed by atoms with E-state index in [0.717, 1.165) is 16.7 Å². The van der Waals surface area contributed by atoms with E-state index in [4.69, 9.17) is 32.7 Å². The molecule has 0 saturated carbocycles. The first-order chi connectivity index (χ1) is 15.4. The Kier molecular flexibility index (Phi) is 6.54. The number of pyridine rings is 1. The van der Waals surface area contributed by atoms with Crippen molar-refractivity contribution in [2.24, 2.45) is 5.92 Å². The maximum atomic E-state index is 13.3. The van der Waals surface area contributed by atoms with E-state index >= 15 is 0 Å². The number of carbonyl (C=O) groups excluding carboxylic acids is 1. The average Bonchev–Trinajstić information content (AvgIpc) is 2.94. The Bertz CT molecular complexity index is 1160. The first-order valence-corrected chi connectivity index (χ1v) is 11.1. The minimum Gasteiger partial charge on any atom is -0.479 e. The number of hydrogen-bond acceptors (Lipinski definition) is 4. The normalized spacial score (nSPS) is 18.1. The number of nitrogens with zero attached hydrogens (tertiary/aromatic N) is 1. The number of fused-ring (bicyclic) bond motifs is 1. The number of methoxy groups -OCH3 is 1. The van der Waals surface area contributed by atoms with Crippen LogP contribution >= 0.6 is 23.2 Å². The highest BCUT2D eigenvalue weighted by molar-refractivity contribution is 6.30. The van der Waals surface area contributed by atoms with Crippen molar-refractivity contribution in [3.8, 4) is 5.75 Å². The quantitative estimate of drug-likeness (QED) is 0.392. The molecule has 0 N–H and O–H groups in total. The second-order valence-electron chi connectivity index (χ2n) is 7.99. The number of aromatic nitrogens is 1. The number of hydrogen-bond donors (Lipinski definition) is 0. The maximum absolute atomic E-state index is 13.3. The third kappa shape index (κ3) is 4.25. The molecule has 0 amide bonds. The van der Waals surface area contributed by atoms with E-state index in [9.17, 15) is 4.79 Å². The van der Waals surface area contributed by atoms with Crippen LogP contribution in [-0.2, 0) is 9.53 Å². The molecule has 164 valence electrons. The standard InChI is InChI=1S/C26H23Cl2NO3/c1-15(2)21-23(26(30)31-3)22(16-7-5-4-6-8-16)25(17-9-11-18(27)12-10-17)32-20-13-19(28)14-29-24(20)21/h4-15,21,25H,1-3H3/t21?,25-/m1/s1. The van der Waals surface area contributed by atoms with Gasteiger partial charge in [-0.05, 0) is 29.2 Å². The van der Waals surface area contributed by atoms with Gasteiger partial charge in [0, 0.05) is 28.8 Å². The van der Waals surface area contributed by atoms with Gasteiger partial charge in [0.1, 0.15) is 5.75 Å². The van der Waals surface area contributed by atoms with Crippen LogP contribution < -0.4 is 4.74 Å². The number of rotatable bonds is 4. The van der Waals surface area contributed by atoms with Crippen molar-refractivity contribution in [2.75, 3.05) is 7.11 Å². The van der Waals surface area contributed by atoms with Gasteiger partial charge in [-0.3, -0.25) is 4.98 Å². The van der Waals surface area contributed by atoms with Crippen LogP contribution in [0.2, 0.25) is 10.0 Å². The second kappa shape index (κ2) is 9.35. The molecule has 3 aromatic rings. The van der Waals surface area contributed by atoms with E-state index in [0.29, 0.717) is 27.1 Å². The first kappa shape index (κ1) is 22.4. The summed E-state index contributed by atoms with van der Waals surface area (Å²) in [7, 11) is 1.40. The highest BCUT2D eigenvalue weighted by atomic mass is 35.5. The van der Waals surface area contributed by atoms with E-state index < -0.39 is 12.1 Å². The van der Waals surface area contributed by atoms with E-state index in [1.807, 2.05) is 54.6 Å². The molecule has 2 aromatic carbocycles. The summed E-state index contributed by atoms with van der Waals surface area (Å²) in [5.74, 6) is -0.164. The fourth-order valence-corrected chi connectivity index (χ4v) is 4.46. The molecule has 1 unspecified atom stereocenters. The van der Waals surface area contributed by atoms with Gasteiger partial charge in [0.15, 0.2) is 6.10 Å². The SMILES string of the molecule is COC(=O)C1=C(c2ccccc2)[C@@H](c2ccc(Cl)cc2)Oc2cc(Cl)cnc2C1C(C)C. The topological polar surface area (TPSA) is 48.4 Å². The summed E-state index contributed by atoms with van der Waals surface area (Å²) in [6.07, 6.45) is 0.991. The van der Waals surface area contributed by atoms with Crippen molar-refractivity contribution >= 4 is 34.7 Å². The van der Waals surface area contributed by atoms with E-state index in [1.54, 1.807) is 12.3 Å². The van der Waals surface area contributed by atoms with E-state index in [1.165, 1.54) is 7.11 Å². The lowest BCUT2D eigenvalue weighted by Crippen LogP contribution is -2.21. The largest absolute Gasteiger partial charge is 0.479 e. The third-order valence-corrected chi connectivity index (χ3v) is 6.04. The van der Waals surface area contributed by atoms with Crippen LogP contribution in [0.15, 0.2) is 72.4 Å². The Balaban J connectivity index is 2.09. The average molecular weight is 468 g/mol. The van der Waals surface area contributed by atoms with Crippen molar-refractivity contribution in [1.82, 2.24) is 4.98 Å². The van der Waals surface area contributed by atoms with Gasteiger partial charge in [0.05, 0.1) is 23.4 Å². The molecule has 1 aliphatic rings. The summed E-state index contributed by atoms with van der Waals surface area (Å²) in [5, 5.41) is 1.08. The van der Waals surface area contributed by atoms with Crippen LogP contribution in [0.4, 0.5) is 0 Å². The van der Waals surface area contributed by atoms with Gasteiger partial charge in [0.25, 0.3) is 0 Å². The number of carbonyl (C=O) groups is 1. The molecular weight excluding hydrogens is 445 g/mol. The molecule has 2 atom stereocenters. The summed E-state index contributed by atoms with van der Waals surface area (Å²) in [5.41, 5.74) is 3.66. The highest BCUT2D eigenvalue weighted by Gasteiger charge is 2.40. The third-order valence-electron chi connectivity index (χ3n) is 5.58. The van der Waals surface area contributed by atoms with Crippen molar-refractivity contribution in [3.05, 3.63) is 99.3 Å². The molecule has 1 aromatic heterocycles. The predicted octanol–water partition coefficient (Wildman–Crippen LogP) is 6.89. The van der Waals surface area contributed by atoms with Gasteiger partial charge in [-0.25, -0.2) is 4.79 Å². The van der Waals surface area contributed by atoms with Crippen LogP contribution in [0.5, 0.6) is 5.75 Å². The van der Waals surface area contributed by atoms with Crippen LogP contribution in [0.1, 0.15) is 42.7 Å². The van der Waals surface area contributed by atoms with Gasteiger partial charge in [0.2, 0.25) is 0 Å².